The van der Waals surface area contributed by atoms with E-state index in [1.807, 2.05) is 0 Å². The number of aliphatic imine (C=N–C) groups is 1. The van der Waals surface area contributed by atoms with Crippen molar-refractivity contribution in [2.45, 2.75) is 49.9 Å². The zero-order valence-corrected chi connectivity index (χ0v) is 18.2. The molecule has 0 aliphatic heterocycles. The molecule has 0 amide bonds. The molecule has 0 saturated heterocycles. The summed E-state index contributed by atoms with van der Waals surface area (Å²) in [5.74, 6) is -2.02. The summed E-state index contributed by atoms with van der Waals surface area (Å²) in [6.45, 7) is -0.0206. The van der Waals surface area contributed by atoms with Gasteiger partial charge in [0.25, 0.3) is 0 Å². The molecule has 186 valence electrons. The lowest BCUT2D eigenvalue weighted by Crippen LogP contribution is -2.43. The van der Waals surface area contributed by atoms with Gasteiger partial charge in [0.05, 0.1) is 11.3 Å². The van der Waals surface area contributed by atoms with E-state index in [0.717, 1.165) is 25.3 Å². The van der Waals surface area contributed by atoms with Gasteiger partial charge in [-0.25, -0.2) is 18.2 Å². The minimum atomic E-state index is -4.95. The number of aromatic nitrogens is 2. The number of hydroxylamine groups is 1. The van der Waals surface area contributed by atoms with Gasteiger partial charge in [-0.2, -0.15) is 26.3 Å². The first kappa shape index (κ1) is 24.3. The van der Waals surface area contributed by atoms with Gasteiger partial charge in [0.2, 0.25) is 5.82 Å². The number of anilines is 1. The first-order chi connectivity index (χ1) is 16.0. The van der Waals surface area contributed by atoms with Gasteiger partial charge >= 0.3 is 16.5 Å². The summed E-state index contributed by atoms with van der Waals surface area (Å²) in [6.07, 6.45) is -1.62. The monoisotopic (exact) mass is 508 g/mol. The fraction of sp³-hybridized carbons (Fsp3) is 0.500. The fourth-order valence-electron chi connectivity index (χ4n) is 3.18. The molecule has 1 aromatic carbocycles. The summed E-state index contributed by atoms with van der Waals surface area (Å²) >= 11 is 0. The van der Waals surface area contributed by atoms with Crippen molar-refractivity contribution in [2.24, 2.45) is 4.99 Å². The summed E-state index contributed by atoms with van der Waals surface area (Å²) in [4.78, 5) is 3.81. The average Bonchev–Trinajstić information content (AvgIpc) is 3.31. The van der Waals surface area contributed by atoms with Crippen molar-refractivity contribution < 1.29 is 40.0 Å². The van der Waals surface area contributed by atoms with Crippen LogP contribution in [0.5, 0.6) is 0 Å². The Bertz CT molecular complexity index is 1180. The first-order valence-electron chi connectivity index (χ1n) is 10.2. The molecule has 11 nitrogen and oxygen atoms in total. The summed E-state index contributed by atoms with van der Waals surface area (Å²) in [6, 6.07) is 1.87. The van der Waals surface area contributed by atoms with E-state index in [-0.39, 0.29) is 29.8 Å². The minimum Gasteiger partial charge on any atom is -0.362 e. The van der Waals surface area contributed by atoms with Crippen LogP contribution in [-0.2, 0) is 20.7 Å². The van der Waals surface area contributed by atoms with Crippen molar-refractivity contribution in [2.75, 3.05) is 11.9 Å². The maximum atomic E-state index is 13.5. The molecule has 0 spiro atoms. The molecule has 0 unspecified atom stereocenters. The molecular weight excluding hydrogens is 488 g/mol. The second kappa shape index (κ2) is 9.09. The van der Waals surface area contributed by atoms with Crippen LogP contribution in [0.15, 0.2) is 27.8 Å². The number of rotatable bonds is 9. The van der Waals surface area contributed by atoms with Crippen molar-refractivity contribution in [3.8, 4) is 0 Å². The molecule has 4 rings (SSSR count). The predicted octanol–water partition coefficient (Wildman–Crippen LogP) is 2.63. The number of hydrogen-bond donors (Lipinski definition) is 4. The van der Waals surface area contributed by atoms with Gasteiger partial charge in [0.15, 0.2) is 11.5 Å². The number of benzene rings is 1. The molecule has 0 bridgehead atoms. The highest BCUT2D eigenvalue weighted by Crippen LogP contribution is 2.41. The van der Waals surface area contributed by atoms with Crippen molar-refractivity contribution in [1.29, 1.82) is 0 Å². The lowest BCUT2D eigenvalue weighted by Gasteiger charge is -2.27. The molecule has 16 heteroatoms. The largest absolute Gasteiger partial charge is 0.419 e. The van der Waals surface area contributed by atoms with E-state index < -0.39 is 39.3 Å². The van der Waals surface area contributed by atoms with Crippen molar-refractivity contribution in [3.05, 3.63) is 35.3 Å². The van der Waals surface area contributed by atoms with Gasteiger partial charge in [-0.1, -0.05) is 6.42 Å². The Hall–Kier alpha value is -2.82. The molecular formula is C18H20F4N6O5S. The summed E-state index contributed by atoms with van der Waals surface area (Å²) in [5, 5.41) is 19.4. The van der Waals surface area contributed by atoms with Crippen LogP contribution in [0.3, 0.4) is 0 Å². The summed E-state index contributed by atoms with van der Waals surface area (Å²) < 4.78 is 89.2. The molecule has 2 aliphatic carbocycles. The molecule has 2 aliphatic rings. The third-order valence-corrected chi connectivity index (χ3v) is 6.60. The van der Waals surface area contributed by atoms with Crippen LogP contribution >= 0.6 is 0 Å². The van der Waals surface area contributed by atoms with Crippen molar-refractivity contribution in [1.82, 2.24) is 20.5 Å². The normalized spacial score (nSPS) is 18.4. The fourth-order valence-corrected chi connectivity index (χ4v) is 4.56. The smallest absolute Gasteiger partial charge is 0.362 e. The van der Waals surface area contributed by atoms with Crippen LogP contribution in [-0.4, -0.2) is 48.0 Å². The molecule has 34 heavy (non-hydrogen) atoms. The van der Waals surface area contributed by atoms with Crippen molar-refractivity contribution in [3.63, 3.8) is 0 Å². The number of hydrogen-bond acceptors (Lipinski definition) is 9. The van der Waals surface area contributed by atoms with E-state index in [4.69, 9.17) is 4.18 Å². The lowest BCUT2D eigenvalue weighted by molar-refractivity contribution is -0.139. The first-order valence-corrected chi connectivity index (χ1v) is 11.6. The Balaban J connectivity index is 1.47. The Labute approximate surface area is 190 Å². The van der Waals surface area contributed by atoms with Crippen LogP contribution in [0, 0.1) is 5.82 Å². The maximum Gasteiger partial charge on any atom is 0.419 e. The van der Waals surface area contributed by atoms with E-state index in [1.54, 1.807) is 5.48 Å². The zero-order valence-electron chi connectivity index (χ0n) is 17.4. The second-order valence-corrected chi connectivity index (χ2v) is 9.33. The van der Waals surface area contributed by atoms with Gasteiger partial charge in [0, 0.05) is 12.6 Å². The van der Waals surface area contributed by atoms with Crippen molar-refractivity contribution >= 4 is 27.6 Å². The topological polar surface area (TPSA) is 151 Å². The molecule has 2 fully saturated rings. The Kier molecular flexibility index (Phi) is 6.50. The van der Waals surface area contributed by atoms with Gasteiger partial charge in [-0.05, 0) is 54.2 Å². The number of amidine groups is 1. The Morgan fingerprint density at radius 1 is 1.29 bits per heavy atom. The number of alkyl halides is 3. The van der Waals surface area contributed by atoms with Crippen LogP contribution in [0.1, 0.15) is 43.4 Å². The average molecular weight is 508 g/mol. The third-order valence-electron chi connectivity index (χ3n) is 5.40. The van der Waals surface area contributed by atoms with Crippen LogP contribution < -0.4 is 15.5 Å². The Morgan fingerprint density at radius 3 is 2.62 bits per heavy atom. The van der Waals surface area contributed by atoms with E-state index in [2.05, 4.69) is 30.0 Å². The lowest BCUT2D eigenvalue weighted by atomic mass is 9.94. The number of halogens is 4. The Morgan fingerprint density at radius 2 is 2.03 bits per heavy atom. The molecule has 4 N–H and O–H groups in total. The summed E-state index contributed by atoms with van der Waals surface area (Å²) in [5.41, 5.74) is -1.42. The highest BCUT2D eigenvalue weighted by Gasteiger charge is 2.48. The van der Waals surface area contributed by atoms with Crippen LogP contribution in [0.4, 0.5) is 29.1 Å². The molecule has 1 aromatic heterocycles. The number of nitrogens with zero attached hydrogens (tertiary/aromatic N) is 3. The molecule has 0 radical (unpaired) electrons. The van der Waals surface area contributed by atoms with E-state index in [9.17, 15) is 31.2 Å². The molecule has 2 aromatic rings. The maximum absolute atomic E-state index is 13.5. The third kappa shape index (κ3) is 5.63. The van der Waals surface area contributed by atoms with Gasteiger partial charge in [-0.15, -0.1) is 0 Å². The van der Waals surface area contributed by atoms with E-state index >= 15 is 0 Å². The van der Waals surface area contributed by atoms with Gasteiger partial charge in [-0.3, -0.25) is 10.7 Å². The minimum absolute atomic E-state index is 0.0206. The quantitative estimate of drug-likeness (QED) is 0.173. The summed E-state index contributed by atoms with van der Waals surface area (Å²) in [7, 11) is -3.97. The van der Waals surface area contributed by atoms with Crippen LogP contribution in [0.2, 0.25) is 0 Å². The van der Waals surface area contributed by atoms with Gasteiger partial charge < -0.3 is 5.32 Å². The number of nitrogens with one attached hydrogen (secondary N) is 3. The predicted molar refractivity (Wildman–Crippen MR) is 108 cm³/mol. The van der Waals surface area contributed by atoms with Crippen LogP contribution in [0.25, 0.3) is 0 Å². The highest BCUT2D eigenvalue weighted by atomic mass is 32.2. The molecule has 1 heterocycles. The zero-order chi connectivity index (χ0) is 24.6. The molecule has 0 atom stereocenters. The van der Waals surface area contributed by atoms with E-state index in [1.165, 1.54) is 0 Å². The van der Waals surface area contributed by atoms with E-state index in [0.29, 0.717) is 25.0 Å². The SMILES string of the molecule is O=S(=O)(NC1CCC1)OC1(CNc2nonc2C(=Nc2ccc(F)c(C(F)(F)F)c2)NO)CC1. The molecule has 2 saturated carbocycles. The standard InChI is InChI=1S/C18H20F4N6O5S/c19-13-5-4-11(8-12(13)18(20,21)22)24-16(25-29)14-15(27-33-26-14)23-9-17(6-7-17)32-34(30,31)28-10-2-1-3-10/h4-5,8,10,28-29H,1-3,6-7,9H2,(H,23,27)(H,24,25). The van der Waals surface area contributed by atoms with Gasteiger partial charge in [0.1, 0.15) is 11.4 Å². The second-order valence-electron chi connectivity index (χ2n) is 8.02. The highest BCUT2D eigenvalue weighted by molar-refractivity contribution is 7.84.